The largest absolute Gasteiger partial charge is 0.460 e. The Morgan fingerprint density at radius 2 is 2.15 bits per heavy atom. The van der Waals surface area contributed by atoms with Crippen molar-refractivity contribution < 1.29 is 14.6 Å². The molecule has 0 saturated heterocycles. The van der Waals surface area contributed by atoms with E-state index < -0.39 is 12.1 Å². The first-order chi connectivity index (χ1) is 9.60. The lowest BCUT2D eigenvalue weighted by Crippen LogP contribution is -2.22. The van der Waals surface area contributed by atoms with Gasteiger partial charge in [0.1, 0.15) is 6.33 Å². The molecule has 0 bridgehead atoms. The molecule has 1 aromatic rings. The Morgan fingerprint density at radius 3 is 2.75 bits per heavy atom. The van der Waals surface area contributed by atoms with Crippen molar-refractivity contribution in [3.05, 3.63) is 12.2 Å². The van der Waals surface area contributed by atoms with Crippen LogP contribution in [0.5, 0.6) is 0 Å². The summed E-state index contributed by atoms with van der Waals surface area (Å²) in [5.74, 6) is -0.479. The molecule has 0 aliphatic rings. The first kappa shape index (κ1) is 16.6. The van der Waals surface area contributed by atoms with Gasteiger partial charge in [0.25, 0.3) is 5.82 Å². The first-order valence-corrected chi connectivity index (χ1v) is 7.36. The summed E-state index contributed by atoms with van der Waals surface area (Å²) in [6.45, 7) is 5.93. The molecular weight excluding hydrogens is 258 g/mol. The number of aliphatic hydroxyl groups is 1. The zero-order chi connectivity index (χ0) is 15.0. The summed E-state index contributed by atoms with van der Waals surface area (Å²) in [5, 5.41) is 14.0. The van der Waals surface area contributed by atoms with Gasteiger partial charge in [-0.05, 0) is 20.3 Å². The number of ether oxygens (including phenoxy) is 1. The third-order valence-corrected chi connectivity index (χ3v) is 3.22. The van der Waals surface area contributed by atoms with Crippen LogP contribution in [-0.2, 0) is 4.74 Å². The minimum absolute atomic E-state index is 0.0473. The van der Waals surface area contributed by atoms with Gasteiger partial charge in [-0.2, -0.15) is 0 Å². The number of hydrogen-bond acceptors (Lipinski definition) is 5. The second-order valence-corrected chi connectivity index (χ2v) is 4.93. The highest BCUT2D eigenvalue weighted by atomic mass is 16.5. The summed E-state index contributed by atoms with van der Waals surface area (Å²) >= 11 is 0. The Morgan fingerprint density at radius 1 is 1.40 bits per heavy atom. The van der Waals surface area contributed by atoms with Gasteiger partial charge in [-0.25, -0.2) is 14.5 Å². The maximum atomic E-state index is 11.5. The van der Waals surface area contributed by atoms with Crippen LogP contribution in [0, 0.1) is 0 Å². The minimum atomic E-state index is -0.534. The van der Waals surface area contributed by atoms with Crippen LogP contribution in [0.1, 0.15) is 69.5 Å². The molecule has 6 nitrogen and oxygen atoms in total. The maximum absolute atomic E-state index is 11.5. The summed E-state index contributed by atoms with van der Waals surface area (Å²) in [7, 11) is 0. The lowest BCUT2D eigenvalue weighted by Gasteiger charge is -2.19. The topological polar surface area (TPSA) is 77.2 Å². The number of nitrogens with zero attached hydrogens (tertiary/aromatic N) is 3. The Balaban J connectivity index is 2.65. The third-order valence-electron chi connectivity index (χ3n) is 3.22. The molecule has 2 atom stereocenters. The normalized spacial score (nSPS) is 14.0. The highest BCUT2D eigenvalue weighted by molar-refractivity contribution is 5.84. The number of carbonyl (C=O) groups excluding carboxylic acids is 1. The predicted octanol–water partition coefficient (Wildman–Crippen LogP) is 2.35. The van der Waals surface area contributed by atoms with Crippen molar-refractivity contribution in [1.29, 1.82) is 0 Å². The summed E-state index contributed by atoms with van der Waals surface area (Å²) in [5.41, 5.74) is 0. The summed E-state index contributed by atoms with van der Waals surface area (Å²) in [6, 6.07) is -0.150. The quantitative estimate of drug-likeness (QED) is 0.556. The van der Waals surface area contributed by atoms with Gasteiger partial charge in [-0.3, -0.25) is 0 Å². The number of aromatic nitrogens is 3. The molecule has 1 heterocycles. The van der Waals surface area contributed by atoms with E-state index in [0.29, 0.717) is 6.61 Å². The van der Waals surface area contributed by atoms with Crippen LogP contribution in [0.3, 0.4) is 0 Å². The molecular formula is C14H25N3O3. The van der Waals surface area contributed by atoms with E-state index >= 15 is 0 Å². The molecule has 6 heteroatoms. The number of unbranched alkanes of at least 4 members (excludes halogenated alkanes) is 3. The second kappa shape index (κ2) is 8.68. The zero-order valence-electron chi connectivity index (χ0n) is 12.6. The maximum Gasteiger partial charge on any atom is 0.378 e. The molecule has 0 radical (unpaired) electrons. The fraction of sp³-hybridized carbons (Fsp3) is 0.786. The SMILES string of the molecule is CCCCCC[C@@H]([C@@H](C)O)n1cnc(C(=O)OCC)n1. The number of carbonyl (C=O) groups is 1. The van der Waals surface area contributed by atoms with Crippen molar-refractivity contribution in [1.82, 2.24) is 14.8 Å². The molecule has 0 unspecified atom stereocenters. The lowest BCUT2D eigenvalue weighted by molar-refractivity contribution is 0.0509. The van der Waals surface area contributed by atoms with Crippen LogP contribution in [-0.4, -0.2) is 38.6 Å². The molecule has 0 fully saturated rings. The number of aliphatic hydroxyl groups excluding tert-OH is 1. The van der Waals surface area contributed by atoms with Gasteiger partial charge in [0, 0.05) is 0 Å². The molecule has 0 spiro atoms. The van der Waals surface area contributed by atoms with Crippen molar-refractivity contribution in [2.45, 2.75) is 65.0 Å². The lowest BCUT2D eigenvalue weighted by atomic mass is 10.0. The Labute approximate surface area is 120 Å². The van der Waals surface area contributed by atoms with E-state index in [9.17, 15) is 9.90 Å². The van der Waals surface area contributed by atoms with Gasteiger partial charge >= 0.3 is 5.97 Å². The van der Waals surface area contributed by atoms with Gasteiger partial charge in [0.05, 0.1) is 18.8 Å². The van der Waals surface area contributed by atoms with Gasteiger partial charge in [0.2, 0.25) is 0 Å². The van der Waals surface area contributed by atoms with E-state index in [2.05, 4.69) is 17.0 Å². The number of hydrogen-bond donors (Lipinski definition) is 1. The van der Waals surface area contributed by atoms with Crippen molar-refractivity contribution in [2.24, 2.45) is 0 Å². The molecule has 0 aromatic carbocycles. The van der Waals surface area contributed by atoms with Crippen molar-refractivity contribution in [3.8, 4) is 0 Å². The van der Waals surface area contributed by atoms with Crippen LogP contribution in [0.2, 0.25) is 0 Å². The Hall–Kier alpha value is -1.43. The number of rotatable bonds is 9. The standard InChI is InChI=1S/C14H25N3O3/c1-4-6-7-8-9-12(11(3)18)17-10-15-13(16-17)14(19)20-5-2/h10-12,18H,4-9H2,1-3H3/t11-,12+/m1/s1. The van der Waals surface area contributed by atoms with Gasteiger partial charge in [-0.1, -0.05) is 32.6 Å². The summed E-state index contributed by atoms with van der Waals surface area (Å²) in [4.78, 5) is 15.5. The highest BCUT2D eigenvalue weighted by Gasteiger charge is 2.20. The van der Waals surface area contributed by atoms with E-state index in [1.165, 1.54) is 19.2 Å². The van der Waals surface area contributed by atoms with Crippen LogP contribution in [0.25, 0.3) is 0 Å². The highest BCUT2D eigenvalue weighted by Crippen LogP contribution is 2.19. The van der Waals surface area contributed by atoms with Crippen molar-refractivity contribution in [3.63, 3.8) is 0 Å². The third kappa shape index (κ3) is 4.92. The fourth-order valence-corrected chi connectivity index (χ4v) is 2.10. The summed E-state index contributed by atoms with van der Waals surface area (Å²) < 4.78 is 6.43. The molecule has 1 rings (SSSR count). The average molecular weight is 283 g/mol. The first-order valence-electron chi connectivity index (χ1n) is 7.36. The Bertz CT molecular complexity index is 404. The van der Waals surface area contributed by atoms with Crippen molar-refractivity contribution in [2.75, 3.05) is 6.61 Å². The van der Waals surface area contributed by atoms with Gasteiger partial charge in [-0.15, -0.1) is 5.10 Å². The molecule has 0 saturated carbocycles. The number of esters is 1. The van der Waals surface area contributed by atoms with E-state index in [1.54, 1.807) is 18.5 Å². The van der Waals surface area contributed by atoms with Crippen LogP contribution in [0.15, 0.2) is 6.33 Å². The van der Waals surface area contributed by atoms with E-state index in [-0.39, 0.29) is 11.9 Å². The molecule has 0 amide bonds. The van der Waals surface area contributed by atoms with E-state index in [0.717, 1.165) is 19.3 Å². The molecule has 20 heavy (non-hydrogen) atoms. The predicted molar refractivity (Wildman–Crippen MR) is 75.5 cm³/mol. The second-order valence-electron chi connectivity index (χ2n) is 4.93. The average Bonchev–Trinajstić information content (AvgIpc) is 2.88. The monoisotopic (exact) mass is 283 g/mol. The molecule has 1 N–H and O–H groups in total. The van der Waals surface area contributed by atoms with Crippen LogP contribution < -0.4 is 0 Å². The molecule has 1 aromatic heterocycles. The molecule has 0 aliphatic carbocycles. The van der Waals surface area contributed by atoms with E-state index in [4.69, 9.17) is 4.74 Å². The van der Waals surface area contributed by atoms with Crippen molar-refractivity contribution >= 4 is 5.97 Å². The van der Waals surface area contributed by atoms with Gasteiger partial charge in [0.15, 0.2) is 0 Å². The fourth-order valence-electron chi connectivity index (χ4n) is 2.10. The smallest absolute Gasteiger partial charge is 0.378 e. The molecule has 0 aliphatic heterocycles. The Kier molecular flexibility index (Phi) is 7.22. The summed E-state index contributed by atoms with van der Waals surface area (Å²) in [6.07, 6.45) is 6.31. The zero-order valence-corrected chi connectivity index (χ0v) is 12.6. The van der Waals surface area contributed by atoms with E-state index in [1.807, 2.05) is 0 Å². The van der Waals surface area contributed by atoms with Gasteiger partial charge < -0.3 is 9.84 Å². The molecule has 114 valence electrons. The van der Waals surface area contributed by atoms with Crippen LogP contribution >= 0.6 is 0 Å². The van der Waals surface area contributed by atoms with Crippen LogP contribution in [0.4, 0.5) is 0 Å². The minimum Gasteiger partial charge on any atom is -0.460 e.